The predicted molar refractivity (Wildman–Crippen MR) is 162 cm³/mol. The molecule has 6 heteroatoms. The Morgan fingerprint density at radius 3 is 1.83 bits per heavy atom. The molecule has 1 N–H and O–H groups in total. The number of hydrogen-bond acceptors (Lipinski definition) is 4. The van der Waals surface area contributed by atoms with Crippen LogP contribution in [0.25, 0.3) is 0 Å². The average molecular weight is 625 g/mol. The Kier molecular flexibility index (Phi) is 13.3. The van der Waals surface area contributed by atoms with Crippen molar-refractivity contribution in [1.29, 1.82) is 0 Å². The molecule has 0 radical (unpaired) electrons. The van der Waals surface area contributed by atoms with E-state index in [9.17, 15) is 5.11 Å². The molecular formula is C30H45IO4Si. The molecule has 0 bridgehead atoms. The van der Waals surface area contributed by atoms with E-state index in [1.165, 1.54) is 10.4 Å². The summed E-state index contributed by atoms with van der Waals surface area (Å²) in [5.74, 6) is 0. The summed E-state index contributed by atoms with van der Waals surface area (Å²) in [6, 6.07) is 21.6. The molecule has 0 aliphatic heterocycles. The second kappa shape index (κ2) is 15.4. The van der Waals surface area contributed by atoms with Crippen LogP contribution in [0, 0.1) is 0 Å². The number of hydrogen-bond donors (Lipinski definition) is 1. The maximum atomic E-state index is 9.96. The SMILES string of the molecule is COC(CCCCC[C@H](C/C(I)=C/[C@H](C)O)O[Si](c1ccccc1)(c1ccccc1)C(C)(C)C)OC. The van der Waals surface area contributed by atoms with Crippen LogP contribution in [0.3, 0.4) is 0 Å². The molecular weight excluding hydrogens is 579 g/mol. The van der Waals surface area contributed by atoms with Gasteiger partial charge in [0.05, 0.1) is 12.2 Å². The number of halogens is 1. The lowest BCUT2D eigenvalue weighted by atomic mass is 10.1. The summed E-state index contributed by atoms with van der Waals surface area (Å²) < 4.78 is 19.3. The largest absolute Gasteiger partial charge is 0.404 e. The molecule has 2 aromatic rings. The van der Waals surface area contributed by atoms with E-state index in [1.807, 2.05) is 6.08 Å². The topological polar surface area (TPSA) is 47.9 Å². The minimum atomic E-state index is -2.65. The lowest BCUT2D eigenvalue weighted by Gasteiger charge is -2.45. The van der Waals surface area contributed by atoms with Gasteiger partial charge in [0.2, 0.25) is 0 Å². The van der Waals surface area contributed by atoms with Gasteiger partial charge < -0.3 is 19.0 Å². The number of aliphatic hydroxyl groups excluding tert-OH is 1. The molecule has 0 spiro atoms. The number of benzene rings is 2. The van der Waals surface area contributed by atoms with Crippen molar-refractivity contribution in [3.05, 3.63) is 70.3 Å². The fourth-order valence-corrected chi connectivity index (χ4v) is 10.6. The second-order valence-corrected chi connectivity index (χ2v) is 16.1. The zero-order chi connectivity index (χ0) is 26.6. The van der Waals surface area contributed by atoms with Gasteiger partial charge in [0, 0.05) is 20.6 Å². The summed E-state index contributed by atoms with van der Waals surface area (Å²) in [4.78, 5) is 0. The maximum absolute atomic E-state index is 9.96. The van der Waals surface area contributed by atoms with Gasteiger partial charge in [-0.3, -0.25) is 0 Å². The molecule has 2 atom stereocenters. The molecule has 4 nitrogen and oxygen atoms in total. The summed E-state index contributed by atoms with van der Waals surface area (Å²) in [6.07, 6.45) is 7.27. The molecule has 36 heavy (non-hydrogen) atoms. The normalized spacial score (nSPS) is 14.8. The monoisotopic (exact) mass is 624 g/mol. The van der Waals surface area contributed by atoms with Crippen LogP contribution in [-0.4, -0.2) is 46.1 Å². The van der Waals surface area contributed by atoms with Gasteiger partial charge >= 0.3 is 0 Å². The lowest BCUT2D eigenvalue weighted by Crippen LogP contribution is -2.67. The van der Waals surface area contributed by atoms with E-state index < -0.39 is 14.4 Å². The lowest BCUT2D eigenvalue weighted by molar-refractivity contribution is -0.107. The Bertz CT molecular complexity index is 853. The van der Waals surface area contributed by atoms with E-state index in [0.717, 1.165) is 42.1 Å². The van der Waals surface area contributed by atoms with Crippen molar-refractivity contribution in [3.8, 4) is 0 Å². The summed E-state index contributed by atoms with van der Waals surface area (Å²) in [6.45, 7) is 8.77. The Morgan fingerprint density at radius 1 is 0.889 bits per heavy atom. The van der Waals surface area contributed by atoms with Crippen molar-refractivity contribution in [1.82, 2.24) is 0 Å². The Labute approximate surface area is 233 Å². The predicted octanol–water partition coefficient (Wildman–Crippen LogP) is 6.59. The summed E-state index contributed by atoms with van der Waals surface area (Å²) in [7, 11) is 0.735. The van der Waals surface area contributed by atoms with Gasteiger partial charge in [-0.15, -0.1) is 0 Å². The first-order valence-corrected chi connectivity index (χ1v) is 16.0. The van der Waals surface area contributed by atoms with Gasteiger partial charge in [0.1, 0.15) is 0 Å². The highest BCUT2D eigenvalue weighted by Gasteiger charge is 2.51. The van der Waals surface area contributed by atoms with E-state index in [2.05, 4.69) is 104 Å². The van der Waals surface area contributed by atoms with Crippen LogP contribution in [0.5, 0.6) is 0 Å². The first-order valence-electron chi connectivity index (χ1n) is 13.0. The summed E-state index contributed by atoms with van der Waals surface area (Å²) in [5.41, 5.74) is 0. The highest BCUT2D eigenvalue weighted by molar-refractivity contribution is 14.1. The first-order chi connectivity index (χ1) is 17.1. The van der Waals surface area contributed by atoms with Crippen LogP contribution in [0.2, 0.25) is 5.04 Å². The van der Waals surface area contributed by atoms with Crippen LogP contribution in [-0.2, 0) is 13.9 Å². The van der Waals surface area contributed by atoms with E-state index >= 15 is 0 Å². The number of rotatable bonds is 15. The van der Waals surface area contributed by atoms with Crippen LogP contribution in [0.1, 0.15) is 66.2 Å². The number of unbranched alkanes of at least 4 members (excludes halogenated alkanes) is 2. The molecule has 0 fully saturated rings. The van der Waals surface area contributed by atoms with E-state index in [0.29, 0.717) is 0 Å². The molecule has 0 heterocycles. The maximum Gasteiger partial charge on any atom is 0.261 e. The Morgan fingerprint density at radius 2 is 1.39 bits per heavy atom. The van der Waals surface area contributed by atoms with E-state index in [4.69, 9.17) is 13.9 Å². The molecule has 0 saturated carbocycles. The number of aliphatic hydroxyl groups is 1. The van der Waals surface area contributed by atoms with Crippen molar-refractivity contribution >= 4 is 41.3 Å². The van der Waals surface area contributed by atoms with Crippen molar-refractivity contribution in [2.75, 3.05) is 14.2 Å². The zero-order valence-electron chi connectivity index (χ0n) is 22.9. The quantitative estimate of drug-likeness (QED) is 0.105. The molecule has 0 aromatic heterocycles. The molecule has 0 saturated heterocycles. The summed E-state index contributed by atoms with van der Waals surface area (Å²) >= 11 is 2.36. The van der Waals surface area contributed by atoms with E-state index in [-0.39, 0.29) is 17.4 Å². The first kappa shape index (κ1) is 31.2. The van der Waals surface area contributed by atoms with Crippen LogP contribution in [0.15, 0.2) is 70.3 Å². The van der Waals surface area contributed by atoms with Gasteiger partial charge in [-0.2, -0.15) is 0 Å². The Hall–Kier alpha value is -1.03. The fourth-order valence-electron chi connectivity index (χ4n) is 4.88. The molecule has 200 valence electrons. The minimum Gasteiger partial charge on any atom is -0.404 e. The van der Waals surface area contributed by atoms with Crippen molar-refractivity contribution in [3.63, 3.8) is 0 Å². The van der Waals surface area contributed by atoms with Crippen LogP contribution in [0.4, 0.5) is 0 Å². The van der Waals surface area contributed by atoms with Gasteiger partial charge in [-0.1, -0.05) is 94.3 Å². The molecule has 0 aliphatic rings. The highest BCUT2D eigenvalue weighted by atomic mass is 127. The van der Waals surface area contributed by atoms with Gasteiger partial charge in [0.25, 0.3) is 8.32 Å². The number of ether oxygens (including phenoxy) is 2. The summed E-state index contributed by atoms with van der Waals surface area (Å²) in [5, 5.41) is 12.5. The Balaban J connectivity index is 2.39. The van der Waals surface area contributed by atoms with Crippen LogP contribution < -0.4 is 10.4 Å². The second-order valence-electron chi connectivity index (χ2n) is 10.5. The molecule has 0 unspecified atom stereocenters. The molecule has 0 amide bonds. The minimum absolute atomic E-state index is 0.0545. The zero-order valence-corrected chi connectivity index (χ0v) is 26.0. The molecule has 2 aromatic carbocycles. The smallest absolute Gasteiger partial charge is 0.261 e. The van der Waals surface area contributed by atoms with Gasteiger partial charge in [0.15, 0.2) is 6.29 Å². The molecule has 2 rings (SSSR count). The standard InChI is InChI=1S/C30H45IO4Si/c1-24(32)22-25(31)23-26(16-10-7-15-21-29(33-5)34-6)35-36(30(2,3)4,27-17-11-8-12-18-27)28-19-13-9-14-20-28/h8-9,11-14,17-20,22,24,26,29,32H,7,10,15-16,21,23H2,1-6H3/b25-22-/t24-,26+/m0/s1. The third kappa shape index (κ3) is 9.06. The van der Waals surface area contributed by atoms with E-state index in [1.54, 1.807) is 21.1 Å². The van der Waals surface area contributed by atoms with Gasteiger partial charge in [-0.05, 0) is 73.8 Å². The molecule has 0 aliphatic carbocycles. The number of methoxy groups -OCH3 is 2. The van der Waals surface area contributed by atoms with Crippen LogP contribution >= 0.6 is 22.6 Å². The van der Waals surface area contributed by atoms with Crippen molar-refractivity contribution in [2.45, 2.75) is 89.8 Å². The third-order valence-corrected chi connectivity index (χ3v) is 12.5. The average Bonchev–Trinajstić information content (AvgIpc) is 2.84. The fraction of sp³-hybridized carbons (Fsp3) is 0.533. The van der Waals surface area contributed by atoms with Crippen molar-refractivity contribution in [2.24, 2.45) is 0 Å². The van der Waals surface area contributed by atoms with Gasteiger partial charge in [-0.25, -0.2) is 0 Å². The highest BCUT2D eigenvalue weighted by Crippen LogP contribution is 2.39. The third-order valence-electron chi connectivity index (χ3n) is 6.60. The van der Waals surface area contributed by atoms with Crippen molar-refractivity contribution < 1.29 is 19.0 Å².